The summed E-state index contributed by atoms with van der Waals surface area (Å²) < 4.78 is 8.09. The normalized spacial score (nSPS) is 13.8. The molecule has 7 nitrogen and oxygen atoms in total. The zero-order chi connectivity index (χ0) is 23.4. The molecule has 3 aromatic rings. The first kappa shape index (κ1) is 23.3. The van der Waals surface area contributed by atoms with E-state index in [0.29, 0.717) is 22.3 Å². The van der Waals surface area contributed by atoms with Crippen LogP contribution in [0, 0.1) is 18.3 Å². The molecule has 33 heavy (non-hydrogen) atoms. The topological polar surface area (TPSA) is 92.8 Å². The van der Waals surface area contributed by atoms with Crippen molar-refractivity contribution in [3.63, 3.8) is 0 Å². The molecule has 1 aliphatic carbocycles. The molecule has 1 atom stereocenters. The summed E-state index contributed by atoms with van der Waals surface area (Å²) in [5.74, 6) is 1.59. The van der Waals surface area contributed by atoms with Crippen molar-refractivity contribution in [1.29, 1.82) is 5.26 Å². The highest BCUT2D eigenvalue weighted by atomic mass is 32.2. The number of rotatable bonds is 8. The molecule has 0 radical (unpaired) electrons. The number of anilines is 1. The summed E-state index contributed by atoms with van der Waals surface area (Å²) in [6, 6.07) is 10.2. The molecule has 9 heteroatoms. The first-order chi connectivity index (χ1) is 16.0. The molecular weight excluding hydrogens is 454 g/mol. The number of thioether (sulfide) groups is 1. The van der Waals surface area contributed by atoms with Crippen molar-refractivity contribution >= 4 is 34.0 Å². The van der Waals surface area contributed by atoms with Crippen LogP contribution in [-0.2, 0) is 24.2 Å². The number of carbonyl (C=O) groups excluding carboxylic acids is 1. The first-order valence-electron chi connectivity index (χ1n) is 11.1. The third kappa shape index (κ3) is 5.07. The predicted molar refractivity (Wildman–Crippen MR) is 131 cm³/mol. The molecule has 0 spiro atoms. The third-order valence-corrected chi connectivity index (χ3v) is 7.87. The van der Waals surface area contributed by atoms with Crippen molar-refractivity contribution in [1.82, 2.24) is 14.8 Å². The number of carbonyl (C=O) groups is 1. The van der Waals surface area contributed by atoms with E-state index in [0.717, 1.165) is 48.4 Å². The Hall–Kier alpha value is -2.83. The Morgan fingerprint density at radius 1 is 1.33 bits per heavy atom. The maximum absolute atomic E-state index is 12.7. The molecule has 1 aromatic carbocycles. The van der Waals surface area contributed by atoms with E-state index < -0.39 is 0 Å². The number of nitrogens with one attached hydrogen (secondary N) is 1. The monoisotopic (exact) mass is 481 g/mol. The van der Waals surface area contributed by atoms with Crippen molar-refractivity contribution in [3.05, 3.63) is 51.7 Å². The van der Waals surface area contributed by atoms with E-state index in [4.69, 9.17) is 4.74 Å². The molecular formula is C24H27N5O2S2. The molecule has 0 bridgehead atoms. The largest absolute Gasteiger partial charge is 0.482 e. The van der Waals surface area contributed by atoms with Crippen LogP contribution in [0.4, 0.5) is 5.00 Å². The fourth-order valence-electron chi connectivity index (χ4n) is 4.00. The Bertz CT molecular complexity index is 1190. The van der Waals surface area contributed by atoms with Gasteiger partial charge in [-0.1, -0.05) is 30.0 Å². The molecule has 0 saturated carbocycles. The fourth-order valence-corrected chi connectivity index (χ4v) is 6.07. The lowest BCUT2D eigenvalue weighted by Gasteiger charge is -2.16. The number of para-hydroxylation sites is 1. The van der Waals surface area contributed by atoms with E-state index >= 15 is 0 Å². The van der Waals surface area contributed by atoms with Crippen molar-refractivity contribution in [2.24, 2.45) is 0 Å². The summed E-state index contributed by atoms with van der Waals surface area (Å²) in [4.78, 5) is 13.9. The molecule has 4 rings (SSSR count). The number of nitrogens with zero attached hydrogens (tertiary/aromatic N) is 4. The molecule has 0 aliphatic heterocycles. The second-order valence-corrected chi connectivity index (χ2v) is 10.0. The van der Waals surface area contributed by atoms with Gasteiger partial charge in [0.05, 0.1) is 11.3 Å². The number of nitriles is 1. The Kier molecular flexibility index (Phi) is 7.36. The highest BCUT2D eigenvalue weighted by Gasteiger charge is 2.23. The van der Waals surface area contributed by atoms with E-state index in [-0.39, 0.29) is 17.8 Å². The second-order valence-electron chi connectivity index (χ2n) is 7.97. The molecule has 2 heterocycles. The first-order valence-corrected chi connectivity index (χ1v) is 12.9. The van der Waals surface area contributed by atoms with E-state index in [1.54, 1.807) is 11.3 Å². The van der Waals surface area contributed by atoms with Crippen LogP contribution in [0.1, 0.15) is 60.2 Å². The summed E-state index contributed by atoms with van der Waals surface area (Å²) in [5.41, 5.74) is 2.81. The van der Waals surface area contributed by atoms with Crippen LogP contribution in [0.25, 0.3) is 0 Å². The van der Waals surface area contributed by atoms with Crippen molar-refractivity contribution in [2.75, 3.05) is 11.1 Å². The number of thiophene rings is 1. The summed E-state index contributed by atoms with van der Waals surface area (Å²) in [6.45, 7) is 6.65. The molecule has 2 aromatic heterocycles. The number of hydrogen-bond donors (Lipinski definition) is 1. The van der Waals surface area contributed by atoms with Gasteiger partial charge >= 0.3 is 0 Å². The molecule has 1 aliphatic rings. The average Bonchev–Trinajstić information content (AvgIpc) is 3.39. The third-order valence-electron chi connectivity index (χ3n) is 5.69. The van der Waals surface area contributed by atoms with Gasteiger partial charge in [-0.3, -0.25) is 4.79 Å². The van der Waals surface area contributed by atoms with Crippen LogP contribution in [0.15, 0.2) is 29.4 Å². The SMILES string of the molecule is CCn1c(SCC(=O)Nc2sc3c(c2C#N)CCCC3)nnc1C(C)Oc1ccccc1C. The number of amides is 1. The number of benzene rings is 1. The number of ether oxygens (including phenoxy) is 1. The number of hydrogen-bond acceptors (Lipinski definition) is 7. The predicted octanol–water partition coefficient (Wildman–Crippen LogP) is 5.29. The van der Waals surface area contributed by atoms with Crippen LogP contribution < -0.4 is 10.1 Å². The van der Waals surface area contributed by atoms with Crippen LogP contribution in [0.2, 0.25) is 0 Å². The zero-order valence-electron chi connectivity index (χ0n) is 19.1. The lowest BCUT2D eigenvalue weighted by atomic mass is 9.96. The molecule has 0 fully saturated rings. The molecule has 1 unspecified atom stereocenters. The van der Waals surface area contributed by atoms with Crippen molar-refractivity contribution in [3.8, 4) is 11.8 Å². The van der Waals surface area contributed by atoms with Crippen molar-refractivity contribution in [2.45, 2.75) is 64.3 Å². The average molecular weight is 482 g/mol. The smallest absolute Gasteiger partial charge is 0.235 e. The standard InChI is InChI=1S/C24H27N5O2S2/c1-4-29-22(16(3)31-19-11-7-5-9-15(19)2)27-28-24(29)32-14-21(30)26-23-18(13-25)17-10-6-8-12-20(17)33-23/h5,7,9,11,16H,4,6,8,10,12,14H2,1-3H3,(H,26,30). The molecule has 1 amide bonds. The maximum Gasteiger partial charge on any atom is 0.235 e. The van der Waals surface area contributed by atoms with Gasteiger partial charge in [0.25, 0.3) is 0 Å². The van der Waals surface area contributed by atoms with Gasteiger partial charge < -0.3 is 14.6 Å². The van der Waals surface area contributed by atoms with E-state index in [1.165, 1.54) is 16.6 Å². The van der Waals surface area contributed by atoms with E-state index in [1.807, 2.05) is 49.6 Å². The van der Waals surface area contributed by atoms with Crippen molar-refractivity contribution < 1.29 is 9.53 Å². The number of fused-ring (bicyclic) bond motifs is 1. The summed E-state index contributed by atoms with van der Waals surface area (Å²) in [5, 5.41) is 22.5. The summed E-state index contributed by atoms with van der Waals surface area (Å²) >= 11 is 2.88. The van der Waals surface area contributed by atoms with Crippen LogP contribution >= 0.6 is 23.1 Å². The van der Waals surface area contributed by atoms with Gasteiger partial charge in [-0.15, -0.1) is 21.5 Å². The summed E-state index contributed by atoms with van der Waals surface area (Å²) in [6.07, 6.45) is 3.87. The highest BCUT2D eigenvalue weighted by Crippen LogP contribution is 2.37. The minimum atomic E-state index is -0.280. The summed E-state index contributed by atoms with van der Waals surface area (Å²) in [7, 11) is 0. The van der Waals surface area contributed by atoms with Gasteiger partial charge in [-0.05, 0) is 63.6 Å². The lowest BCUT2D eigenvalue weighted by molar-refractivity contribution is -0.113. The molecule has 0 saturated heterocycles. The Balaban J connectivity index is 1.41. The van der Waals surface area contributed by atoms with Crippen LogP contribution in [-0.4, -0.2) is 26.4 Å². The quantitative estimate of drug-likeness (QED) is 0.440. The van der Waals surface area contributed by atoms with Gasteiger partial charge in [0.2, 0.25) is 5.91 Å². The molecule has 172 valence electrons. The zero-order valence-corrected chi connectivity index (χ0v) is 20.7. The minimum absolute atomic E-state index is 0.147. The van der Waals surface area contributed by atoms with Gasteiger partial charge in [0.1, 0.15) is 16.8 Å². The Morgan fingerprint density at radius 2 is 2.12 bits per heavy atom. The highest BCUT2D eigenvalue weighted by molar-refractivity contribution is 7.99. The number of aromatic nitrogens is 3. The van der Waals surface area contributed by atoms with Crippen LogP contribution in [0.3, 0.4) is 0 Å². The van der Waals surface area contributed by atoms with E-state index in [2.05, 4.69) is 21.6 Å². The lowest BCUT2D eigenvalue weighted by Crippen LogP contribution is -2.15. The minimum Gasteiger partial charge on any atom is -0.482 e. The van der Waals surface area contributed by atoms with Gasteiger partial charge in [-0.25, -0.2) is 0 Å². The maximum atomic E-state index is 12.7. The van der Waals surface area contributed by atoms with Gasteiger partial charge in [-0.2, -0.15) is 5.26 Å². The Labute approximate surface area is 202 Å². The second kappa shape index (κ2) is 10.4. The number of aryl methyl sites for hydroxylation is 2. The van der Waals surface area contributed by atoms with Crippen LogP contribution in [0.5, 0.6) is 5.75 Å². The fraction of sp³-hybridized carbons (Fsp3) is 0.417. The Morgan fingerprint density at radius 3 is 2.88 bits per heavy atom. The van der Waals surface area contributed by atoms with E-state index in [9.17, 15) is 10.1 Å². The van der Waals surface area contributed by atoms with Gasteiger partial charge in [0, 0.05) is 11.4 Å². The van der Waals surface area contributed by atoms with Gasteiger partial charge in [0.15, 0.2) is 17.1 Å². The molecule has 1 N–H and O–H groups in total.